The molecule has 1 aromatic carbocycles. The third-order valence-corrected chi connectivity index (χ3v) is 3.74. The molecule has 0 fully saturated rings. The van der Waals surface area contributed by atoms with Crippen LogP contribution in [0.25, 0.3) is 0 Å². The number of carbonyl (C=O) groups is 1. The zero-order valence-electron chi connectivity index (χ0n) is 11.4. The van der Waals surface area contributed by atoms with E-state index in [4.69, 9.17) is 0 Å². The summed E-state index contributed by atoms with van der Waals surface area (Å²) in [7, 11) is 0. The molecule has 2 heteroatoms. The van der Waals surface area contributed by atoms with E-state index in [0.717, 1.165) is 19.5 Å². The molecule has 2 nitrogen and oxygen atoms in total. The molecule has 0 bridgehead atoms. The first-order chi connectivity index (χ1) is 8.49. The summed E-state index contributed by atoms with van der Waals surface area (Å²) in [5.41, 5.74) is 2.73. The summed E-state index contributed by atoms with van der Waals surface area (Å²) in [5, 5.41) is 0. The van der Waals surface area contributed by atoms with Crippen molar-refractivity contribution in [1.29, 1.82) is 0 Å². The van der Waals surface area contributed by atoms with Crippen LogP contribution in [0, 0.1) is 6.92 Å². The fourth-order valence-corrected chi connectivity index (χ4v) is 2.24. The van der Waals surface area contributed by atoms with Crippen molar-refractivity contribution in [2.24, 2.45) is 0 Å². The fraction of sp³-hybridized carbons (Fsp3) is 0.438. The highest BCUT2D eigenvalue weighted by atomic mass is 16.2. The van der Waals surface area contributed by atoms with E-state index in [1.165, 1.54) is 11.1 Å². The van der Waals surface area contributed by atoms with Crippen molar-refractivity contribution in [2.45, 2.75) is 32.6 Å². The van der Waals surface area contributed by atoms with Crippen molar-refractivity contribution in [1.82, 2.24) is 4.90 Å². The second-order valence-corrected chi connectivity index (χ2v) is 5.69. The zero-order valence-corrected chi connectivity index (χ0v) is 11.4. The molecule has 1 aliphatic heterocycles. The van der Waals surface area contributed by atoms with E-state index < -0.39 is 0 Å². The molecular weight excluding hydrogens is 222 g/mol. The molecule has 1 amide bonds. The molecule has 1 heterocycles. The number of aryl methyl sites for hydroxylation is 1. The molecule has 1 aromatic rings. The van der Waals surface area contributed by atoms with Gasteiger partial charge in [-0.2, -0.15) is 0 Å². The van der Waals surface area contributed by atoms with Gasteiger partial charge in [0.1, 0.15) is 0 Å². The van der Waals surface area contributed by atoms with Gasteiger partial charge in [-0.1, -0.05) is 49.8 Å². The Morgan fingerprint density at radius 2 is 1.89 bits per heavy atom. The molecule has 2 rings (SSSR count). The van der Waals surface area contributed by atoms with Gasteiger partial charge in [-0.05, 0) is 24.3 Å². The molecule has 0 saturated carbocycles. The van der Waals surface area contributed by atoms with E-state index >= 15 is 0 Å². The van der Waals surface area contributed by atoms with E-state index in [1.807, 2.05) is 11.0 Å². The van der Waals surface area contributed by atoms with Crippen LogP contribution in [0.1, 0.15) is 31.4 Å². The molecule has 0 aliphatic carbocycles. The molecule has 0 atom stereocenters. The normalized spacial score (nSPS) is 15.5. The molecule has 0 radical (unpaired) electrons. The first-order valence-electron chi connectivity index (χ1n) is 6.52. The summed E-state index contributed by atoms with van der Waals surface area (Å²) in [6.07, 6.45) is 4.59. The summed E-state index contributed by atoms with van der Waals surface area (Å²) in [6.45, 7) is 8.18. The van der Waals surface area contributed by atoms with Gasteiger partial charge in [0.15, 0.2) is 0 Å². The van der Waals surface area contributed by atoms with Crippen molar-refractivity contribution < 1.29 is 4.79 Å². The van der Waals surface area contributed by atoms with Gasteiger partial charge in [-0.3, -0.25) is 4.79 Å². The maximum atomic E-state index is 11.5. The van der Waals surface area contributed by atoms with E-state index in [2.05, 4.69) is 45.0 Å². The van der Waals surface area contributed by atoms with Crippen LogP contribution in [0.3, 0.4) is 0 Å². The van der Waals surface area contributed by atoms with Gasteiger partial charge in [-0.15, -0.1) is 0 Å². The lowest BCUT2D eigenvalue weighted by Gasteiger charge is -2.28. The smallest absolute Gasteiger partial charge is 0.246 e. The number of rotatable bonds is 4. The van der Waals surface area contributed by atoms with Gasteiger partial charge in [0.2, 0.25) is 5.91 Å². The second-order valence-electron chi connectivity index (χ2n) is 5.69. The molecule has 0 N–H and O–H groups in total. The van der Waals surface area contributed by atoms with Crippen molar-refractivity contribution in [3.63, 3.8) is 0 Å². The van der Waals surface area contributed by atoms with Crippen LogP contribution in [0.15, 0.2) is 36.4 Å². The summed E-state index contributed by atoms with van der Waals surface area (Å²) in [5.74, 6) is 0.148. The average Bonchev–Trinajstić information content (AvgIpc) is 2.73. The minimum absolute atomic E-state index is 0.108. The van der Waals surface area contributed by atoms with Gasteiger partial charge < -0.3 is 4.90 Å². The minimum atomic E-state index is 0.108. The number of amides is 1. The van der Waals surface area contributed by atoms with Crippen molar-refractivity contribution in [3.05, 3.63) is 47.5 Å². The van der Waals surface area contributed by atoms with Gasteiger partial charge in [0.05, 0.1) is 0 Å². The molecule has 0 aromatic heterocycles. The Hall–Kier alpha value is -1.57. The second kappa shape index (κ2) is 4.97. The SMILES string of the molecule is Cc1ccc(C(C)(C)CCN2CC=CC2=O)cc1. The summed E-state index contributed by atoms with van der Waals surface area (Å²) < 4.78 is 0. The quantitative estimate of drug-likeness (QED) is 0.796. The molecule has 0 unspecified atom stereocenters. The predicted molar refractivity (Wildman–Crippen MR) is 74.5 cm³/mol. The van der Waals surface area contributed by atoms with E-state index in [0.29, 0.717) is 0 Å². The highest BCUT2D eigenvalue weighted by Crippen LogP contribution is 2.27. The largest absolute Gasteiger partial charge is 0.335 e. The Balaban J connectivity index is 1.98. The standard InChI is InChI=1S/C16H21NO/c1-13-6-8-14(9-7-13)16(2,3)10-12-17-11-4-5-15(17)18/h4-9H,10-12H2,1-3H3. The Morgan fingerprint density at radius 1 is 1.22 bits per heavy atom. The van der Waals surface area contributed by atoms with Gasteiger partial charge in [-0.25, -0.2) is 0 Å². The van der Waals surface area contributed by atoms with E-state index in [1.54, 1.807) is 6.08 Å². The monoisotopic (exact) mass is 243 g/mol. The Bertz CT molecular complexity index is 456. The van der Waals surface area contributed by atoms with Crippen LogP contribution >= 0.6 is 0 Å². The number of carbonyl (C=O) groups excluding carboxylic acids is 1. The number of benzene rings is 1. The third kappa shape index (κ3) is 2.81. The van der Waals surface area contributed by atoms with Gasteiger partial charge in [0, 0.05) is 19.2 Å². The highest BCUT2D eigenvalue weighted by Gasteiger charge is 2.23. The van der Waals surface area contributed by atoms with E-state index in [-0.39, 0.29) is 11.3 Å². The first-order valence-corrected chi connectivity index (χ1v) is 6.52. The van der Waals surface area contributed by atoms with Crippen LogP contribution in [0.2, 0.25) is 0 Å². The average molecular weight is 243 g/mol. The maximum Gasteiger partial charge on any atom is 0.246 e. The molecule has 0 spiro atoms. The van der Waals surface area contributed by atoms with Crippen molar-refractivity contribution in [3.8, 4) is 0 Å². The summed E-state index contributed by atoms with van der Waals surface area (Å²) >= 11 is 0. The number of nitrogens with zero attached hydrogens (tertiary/aromatic N) is 1. The molecular formula is C16H21NO. The summed E-state index contributed by atoms with van der Waals surface area (Å²) in [6, 6.07) is 8.69. The van der Waals surface area contributed by atoms with Crippen molar-refractivity contribution in [2.75, 3.05) is 13.1 Å². The minimum Gasteiger partial charge on any atom is -0.335 e. The van der Waals surface area contributed by atoms with Crippen LogP contribution in [0.5, 0.6) is 0 Å². The zero-order chi connectivity index (χ0) is 13.2. The van der Waals surface area contributed by atoms with E-state index in [9.17, 15) is 4.79 Å². The summed E-state index contributed by atoms with van der Waals surface area (Å²) in [4.78, 5) is 13.4. The van der Waals surface area contributed by atoms with Crippen LogP contribution in [-0.4, -0.2) is 23.9 Å². The maximum absolute atomic E-state index is 11.5. The Morgan fingerprint density at radius 3 is 2.44 bits per heavy atom. The predicted octanol–water partition coefficient (Wildman–Crippen LogP) is 3.06. The topological polar surface area (TPSA) is 20.3 Å². The van der Waals surface area contributed by atoms with Gasteiger partial charge in [0.25, 0.3) is 0 Å². The molecule has 0 saturated heterocycles. The van der Waals surface area contributed by atoms with Crippen LogP contribution in [-0.2, 0) is 10.2 Å². The molecule has 96 valence electrons. The van der Waals surface area contributed by atoms with Crippen molar-refractivity contribution >= 4 is 5.91 Å². The van der Waals surface area contributed by atoms with Crippen LogP contribution in [0.4, 0.5) is 0 Å². The lowest BCUT2D eigenvalue weighted by Crippen LogP contribution is -2.31. The fourth-order valence-electron chi connectivity index (χ4n) is 2.24. The number of hydrogen-bond acceptors (Lipinski definition) is 1. The Labute approximate surface area is 109 Å². The van der Waals surface area contributed by atoms with Crippen LogP contribution < -0.4 is 0 Å². The van der Waals surface area contributed by atoms with Gasteiger partial charge >= 0.3 is 0 Å². The lowest BCUT2D eigenvalue weighted by molar-refractivity contribution is -0.124. The number of hydrogen-bond donors (Lipinski definition) is 0. The highest BCUT2D eigenvalue weighted by molar-refractivity contribution is 5.89. The Kier molecular flexibility index (Phi) is 3.55. The third-order valence-electron chi connectivity index (χ3n) is 3.74. The first kappa shape index (κ1) is 12.9. The molecule has 1 aliphatic rings. The molecule has 18 heavy (non-hydrogen) atoms. The lowest BCUT2D eigenvalue weighted by atomic mass is 9.81.